The lowest BCUT2D eigenvalue weighted by Gasteiger charge is -2.16. The van der Waals surface area contributed by atoms with Gasteiger partial charge in [-0.3, -0.25) is 14.9 Å². The maximum absolute atomic E-state index is 13.1. The number of rotatable bonds is 1. The van der Waals surface area contributed by atoms with E-state index in [2.05, 4.69) is 4.84 Å². The first kappa shape index (κ1) is 9.38. The number of halogens is 1. The molecule has 0 aromatic heterocycles. The lowest BCUT2D eigenvalue weighted by molar-refractivity contribution is -0.387. The number of nitro groups is 1. The number of benzene rings is 1. The van der Waals surface area contributed by atoms with Crippen LogP contribution in [-0.2, 0) is 11.2 Å². The Balaban J connectivity index is 2.51. The normalized spacial score (nSPS) is 13.8. The minimum atomic E-state index is -0.991. The van der Waals surface area contributed by atoms with Gasteiger partial charge in [0.2, 0.25) is 5.82 Å². The summed E-state index contributed by atoms with van der Waals surface area (Å²) in [6, 6.07) is 1.89. The number of fused-ring (bicyclic) bond motifs is 1. The van der Waals surface area contributed by atoms with Crippen molar-refractivity contribution in [2.75, 3.05) is 0 Å². The Kier molecular flexibility index (Phi) is 2.00. The highest BCUT2D eigenvalue weighted by molar-refractivity contribution is 5.80. The van der Waals surface area contributed by atoms with Gasteiger partial charge in [-0.15, -0.1) is 0 Å². The van der Waals surface area contributed by atoms with Crippen LogP contribution in [0.1, 0.15) is 5.56 Å². The molecule has 1 N–H and O–H groups in total. The Labute approximate surface area is 82.8 Å². The first-order valence-corrected chi connectivity index (χ1v) is 4.00. The molecule has 6 nitrogen and oxygen atoms in total. The van der Waals surface area contributed by atoms with Crippen LogP contribution in [0.25, 0.3) is 0 Å². The van der Waals surface area contributed by atoms with Crippen molar-refractivity contribution in [1.82, 2.24) is 5.48 Å². The van der Waals surface area contributed by atoms with Crippen molar-refractivity contribution in [3.63, 3.8) is 0 Å². The molecule has 1 aromatic carbocycles. The molecular formula is C8H5FN2O4. The van der Waals surface area contributed by atoms with Gasteiger partial charge in [0.25, 0.3) is 5.91 Å². The molecule has 78 valence electrons. The number of hydroxylamine groups is 1. The lowest BCUT2D eigenvalue weighted by atomic mass is 10.1. The van der Waals surface area contributed by atoms with Crippen molar-refractivity contribution in [1.29, 1.82) is 0 Å². The lowest BCUT2D eigenvalue weighted by Crippen LogP contribution is -2.33. The fourth-order valence-electron chi connectivity index (χ4n) is 1.28. The van der Waals surface area contributed by atoms with Crippen molar-refractivity contribution >= 4 is 11.6 Å². The summed E-state index contributed by atoms with van der Waals surface area (Å²) < 4.78 is 13.1. The van der Waals surface area contributed by atoms with Crippen molar-refractivity contribution in [2.24, 2.45) is 0 Å². The number of nitrogens with one attached hydrogen (secondary N) is 1. The van der Waals surface area contributed by atoms with Crippen LogP contribution in [-0.4, -0.2) is 10.8 Å². The maximum Gasteiger partial charge on any atom is 0.305 e. The summed E-state index contributed by atoms with van der Waals surface area (Å²) in [4.78, 5) is 25.1. The number of amides is 1. The Morgan fingerprint density at radius 2 is 2.27 bits per heavy atom. The Bertz CT molecular complexity index is 460. The Hall–Kier alpha value is -2.18. The van der Waals surface area contributed by atoms with Gasteiger partial charge >= 0.3 is 5.69 Å². The summed E-state index contributed by atoms with van der Waals surface area (Å²) in [6.07, 6.45) is -0.0591. The highest BCUT2D eigenvalue weighted by Crippen LogP contribution is 2.29. The molecule has 7 heteroatoms. The number of nitrogens with zero attached hydrogens (tertiary/aromatic N) is 1. The molecule has 0 atom stereocenters. The second-order valence-corrected chi connectivity index (χ2v) is 2.97. The molecule has 0 fully saturated rings. The minimum absolute atomic E-state index is 0.0591. The van der Waals surface area contributed by atoms with Crippen molar-refractivity contribution in [3.8, 4) is 5.75 Å². The molecule has 0 saturated carbocycles. The zero-order valence-electron chi connectivity index (χ0n) is 7.32. The summed E-state index contributed by atoms with van der Waals surface area (Å²) >= 11 is 0. The SMILES string of the molecule is O=C1Cc2cc([N+](=O)[O-])c(F)cc2ON1. The number of carbonyl (C=O) groups is 1. The molecule has 1 aliphatic heterocycles. The first-order valence-electron chi connectivity index (χ1n) is 4.00. The van der Waals surface area contributed by atoms with Crippen LogP contribution in [0, 0.1) is 15.9 Å². The molecule has 0 saturated heterocycles. The predicted molar refractivity (Wildman–Crippen MR) is 45.5 cm³/mol. The topological polar surface area (TPSA) is 81.5 Å². The zero-order chi connectivity index (χ0) is 11.0. The molecule has 1 aliphatic rings. The molecule has 15 heavy (non-hydrogen) atoms. The van der Waals surface area contributed by atoms with Gasteiger partial charge < -0.3 is 4.84 Å². The number of hydrogen-bond acceptors (Lipinski definition) is 4. The average molecular weight is 212 g/mol. The van der Waals surface area contributed by atoms with Crippen LogP contribution in [0.3, 0.4) is 0 Å². The highest BCUT2D eigenvalue weighted by atomic mass is 19.1. The van der Waals surface area contributed by atoms with E-state index in [0.717, 1.165) is 12.1 Å². The molecule has 1 amide bonds. The smallest absolute Gasteiger partial charge is 0.305 e. The van der Waals surface area contributed by atoms with E-state index in [-0.39, 0.29) is 12.2 Å². The maximum atomic E-state index is 13.1. The minimum Gasteiger partial charge on any atom is -0.379 e. The van der Waals surface area contributed by atoms with Crippen LogP contribution in [0.5, 0.6) is 5.75 Å². The molecule has 0 spiro atoms. The number of nitro benzene ring substituents is 1. The third-order valence-electron chi connectivity index (χ3n) is 1.95. The second kappa shape index (κ2) is 3.19. The molecule has 1 aromatic rings. The van der Waals surface area contributed by atoms with Crippen molar-refractivity contribution in [3.05, 3.63) is 33.6 Å². The van der Waals surface area contributed by atoms with Gasteiger partial charge in [0, 0.05) is 17.7 Å². The van der Waals surface area contributed by atoms with E-state index in [4.69, 9.17) is 0 Å². The van der Waals surface area contributed by atoms with Crippen LogP contribution >= 0.6 is 0 Å². The number of hydrogen-bond donors (Lipinski definition) is 1. The summed E-state index contributed by atoms with van der Waals surface area (Å²) in [6.45, 7) is 0. The summed E-state index contributed by atoms with van der Waals surface area (Å²) in [7, 11) is 0. The van der Waals surface area contributed by atoms with Crippen LogP contribution in [0.15, 0.2) is 12.1 Å². The summed E-state index contributed by atoms with van der Waals surface area (Å²) in [5.41, 5.74) is 1.68. The Morgan fingerprint density at radius 1 is 1.53 bits per heavy atom. The van der Waals surface area contributed by atoms with Gasteiger partial charge in [0.15, 0.2) is 5.75 Å². The molecule has 0 bridgehead atoms. The highest BCUT2D eigenvalue weighted by Gasteiger charge is 2.23. The van der Waals surface area contributed by atoms with Gasteiger partial charge in [0.05, 0.1) is 11.3 Å². The standard InChI is InChI=1S/C8H5FN2O4/c9-5-3-7-4(1-6(5)11(13)14)2-8(12)10-15-7/h1,3H,2H2,(H,10,12). The van der Waals surface area contributed by atoms with Crippen LogP contribution in [0.4, 0.5) is 10.1 Å². The van der Waals surface area contributed by atoms with Gasteiger partial charge in [-0.05, 0) is 0 Å². The fraction of sp³-hybridized carbons (Fsp3) is 0.125. The predicted octanol–water partition coefficient (Wildman–Crippen LogP) is 0.700. The van der Waals surface area contributed by atoms with Gasteiger partial charge in [-0.25, -0.2) is 0 Å². The van der Waals surface area contributed by atoms with Gasteiger partial charge in [-0.2, -0.15) is 9.87 Å². The van der Waals surface area contributed by atoms with Gasteiger partial charge in [0.1, 0.15) is 0 Å². The Morgan fingerprint density at radius 3 is 2.93 bits per heavy atom. The molecule has 0 radical (unpaired) electrons. The average Bonchev–Trinajstić information content (AvgIpc) is 2.17. The zero-order valence-corrected chi connectivity index (χ0v) is 7.32. The first-order chi connectivity index (χ1) is 7.08. The van der Waals surface area contributed by atoms with E-state index in [1.165, 1.54) is 0 Å². The number of carbonyl (C=O) groups excluding carboxylic acids is 1. The van der Waals surface area contributed by atoms with E-state index >= 15 is 0 Å². The van der Waals surface area contributed by atoms with E-state index in [9.17, 15) is 19.3 Å². The molecular weight excluding hydrogens is 207 g/mol. The van der Waals surface area contributed by atoms with E-state index in [1.807, 2.05) is 5.48 Å². The molecule has 2 rings (SSSR count). The van der Waals surface area contributed by atoms with Crippen molar-refractivity contribution < 1.29 is 18.9 Å². The summed E-state index contributed by atoms with van der Waals surface area (Å²) in [5.74, 6) is -1.32. The largest absolute Gasteiger partial charge is 0.379 e. The molecule has 0 aliphatic carbocycles. The fourth-order valence-corrected chi connectivity index (χ4v) is 1.28. The molecule has 0 unspecified atom stereocenters. The molecule has 1 heterocycles. The van der Waals surface area contributed by atoms with Crippen LogP contribution in [0.2, 0.25) is 0 Å². The van der Waals surface area contributed by atoms with E-state index in [0.29, 0.717) is 5.56 Å². The van der Waals surface area contributed by atoms with Crippen molar-refractivity contribution in [2.45, 2.75) is 6.42 Å². The quantitative estimate of drug-likeness (QED) is 0.548. The second-order valence-electron chi connectivity index (χ2n) is 2.97. The third-order valence-corrected chi connectivity index (χ3v) is 1.95. The van der Waals surface area contributed by atoms with E-state index in [1.54, 1.807) is 0 Å². The monoisotopic (exact) mass is 212 g/mol. The third kappa shape index (κ3) is 1.58. The van der Waals surface area contributed by atoms with E-state index < -0.39 is 22.3 Å². The van der Waals surface area contributed by atoms with Crippen LogP contribution < -0.4 is 10.3 Å². The van der Waals surface area contributed by atoms with Gasteiger partial charge in [-0.1, -0.05) is 0 Å². The summed E-state index contributed by atoms with van der Waals surface area (Å²) in [5, 5.41) is 10.4.